The van der Waals surface area contributed by atoms with Gasteiger partial charge >= 0.3 is 12.0 Å². The number of urea groups is 1. The Kier molecular flexibility index (Phi) is 6.80. The Labute approximate surface area is 115 Å². The van der Waals surface area contributed by atoms with Crippen molar-refractivity contribution in [2.75, 3.05) is 18.6 Å². The van der Waals surface area contributed by atoms with Crippen molar-refractivity contribution in [2.45, 2.75) is 19.0 Å². The summed E-state index contributed by atoms with van der Waals surface area (Å²) in [4.78, 5) is 26.3. The average Bonchev–Trinajstić information content (AvgIpc) is 2.87. The molecule has 0 radical (unpaired) electrons. The van der Waals surface area contributed by atoms with E-state index < -0.39 is 18.0 Å². The SMILES string of the molecule is CSCC[C@@H](NC(=O)NCCn1ccnc1)C(=O)O. The summed E-state index contributed by atoms with van der Waals surface area (Å²) in [5.41, 5.74) is 0. The second-order valence-electron chi connectivity index (χ2n) is 3.87. The molecular weight excluding hydrogens is 268 g/mol. The number of hydrogen-bond donors (Lipinski definition) is 3. The first-order chi connectivity index (χ1) is 9.13. The normalized spacial score (nSPS) is 11.8. The Morgan fingerprint density at radius 1 is 1.53 bits per heavy atom. The van der Waals surface area contributed by atoms with Gasteiger partial charge < -0.3 is 20.3 Å². The van der Waals surface area contributed by atoms with E-state index in [0.717, 1.165) is 0 Å². The number of thioether (sulfide) groups is 1. The van der Waals surface area contributed by atoms with Gasteiger partial charge in [0.25, 0.3) is 0 Å². The van der Waals surface area contributed by atoms with Gasteiger partial charge in [-0.05, 0) is 18.4 Å². The number of nitrogens with one attached hydrogen (secondary N) is 2. The van der Waals surface area contributed by atoms with Crippen molar-refractivity contribution in [3.8, 4) is 0 Å². The van der Waals surface area contributed by atoms with Crippen molar-refractivity contribution in [2.24, 2.45) is 0 Å². The van der Waals surface area contributed by atoms with Crippen LogP contribution in [0.25, 0.3) is 0 Å². The lowest BCUT2D eigenvalue weighted by Crippen LogP contribution is -2.46. The van der Waals surface area contributed by atoms with E-state index in [9.17, 15) is 9.59 Å². The Balaban J connectivity index is 2.25. The molecule has 1 aromatic heterocycles. The Bertz CT molecular complexity index is 397. The van der Waals surface area contributed by atoms with Crippen molar-refractivity contribution < 1.29 is 14.7 Å². The van der Waals surface area contributed by atoms with Crippen LogP contribution < -0.4 is 10.6 Å². The topological polar surface area (TPSA) is 96.3 Å². The largest absolute Gasteiger partial charge is 0.480 e. The molecule has 1 atom stereocenters. The summed E-state index contributed by atoms with van der Waals surface area (Å²) in [6.07, 6.45) is 7.40. The zero-order valence-electron chi connectivity index (χ0n) is 10.7. The fourth-order valence-electron chi connectivity index (χ4n) is 1.42. The summed E-state index contributed by atoms with van der Waals surface area (Å²) in [5, 5.41) is 14.0. The number of carbonyl (C=O) groups is 2. The summed E-state index contributed by atoms with van der Waals surface area (Å²) in [6.45, 7) is 1.01. The molecule has 19 heavy (non-hydrogen) atoms. The second kappa shape index (κ2) is 8.41. The molecule has 7 nitrogen and oxygen atoms in total. The van der Waals surface area contributed by atoms with Crippen molar-refractivity contribution in [3.05, 3.63) is 18.7 Å². The van der Waals surface area contributed by atoms with Crippen molar-refractivity contribution in [1.29, 1.82) is 0 Å². The highest BCUT2D eigenvalue weighted by molar-refractivity contribution is 7.98. The number of carbonyl (C=O) groups excluding carboxylic acids is 1. The number of imidazole rings is 1. The van der Waals surface area contributed by atoms with Gasteiger partial charge in [-0.25, -0.2) is 14.6 Å². The average molecular weight is 286 g/mol. The number of carboxylic acid groups (broad SMARTS) is 1. The second-order valence-corrected chi connectivity index (χ2v) is 4.86. The van der Waals surface area contributed by atoms with E-state index in [1.165, 1.54) is 0 Å². The fraction of sp³-hybridized carbons (Fsp3) is 0.545. The van der Waals surface area contributed by atoms with Gasteiger partial charge in [0.1, 0.15) is 6.04 Å². The van der Waals surface area contributed by atoms with Crippen LogP contribution in [0.15, 0.2) is 18.7 Å². The number of hydrogen-bond acceptors (Lipinski definition) is 4. The van der Waals surface area contributed by atoms with Crippen molar-refractivity contribution in [1.82, 2.24) is 20.2 Å². The first-order valence-electron chi connectivity index (χ1n) is 5.85. The van der Waals surface area contributed by atoms with E-state index in [2.05, 4.69) is 15.6 Å². The summed E-state index contributed by atoms with van der Waals surface area (Å²) in [6, 6.07) is -1.31. The van der Waals surface area contributed by atoms with Gasteiger partial charge in [-0.2, -0.15) is 11.8 Å². The minimum Gasteiger partial charge on any atom is -0.480 e. The molecule has 106 valence electrons. The molecule has 0 aliphatic carbocycles. The highest BCUT2D eigenvalue weighted by atomic mass is 32.2. The molecule has 0 bridgehead atoms. The summed E-state index contributed by atoms with van der Waals surface area (Å²) in [7, 11) is 0. The van der Waals surface area contributed by atoms with E-state index in [0.29, 0.717) is 25.3 Å². The van der Waals surface area contributed by atoms with Crippen LogP contribution in [-0.4, -0.2) is 51.3 Å². The summed E-state index contributed by atoms with van der Waals surface area (Å²) < 4.78 is 1.82. The van der Waals surface area contributed by atoms with E-state index in [4.69, 9.17) is 5.11 Å². The molecule has 0 aliphatic heterocycles. The van der Waals surface area contributed by atoms with Crippen LogP contribution in [-0.2, 0) is 11.3 Å². The predicted octanol–water partition coefficient (Wildman–Crippen LogP) is 0.389. The minimum absolute atomic E-state index is 0.408. The number of carboxylic acids is 1. The summed E-state index contributed by atoms with van der Waals surface area (Å²) >= 11 is 1.55. The monoisotopic (exact) mass is 286 g/mol. The molecule has 8 heteroatoms. The molecule has 0 saturated carbocycles. The standard InChI is InChI=1S/C11H18N4O3S/c1-19-7-2-9(10(16)17)14-11(18)13-4-6-15-5-3-12-8-15/h3,5,8-9H,2,4,6-7H2,1H3,(H,16,17)(H2,13,14,18)/t9-/m1/s1. The Hall–Kier alpha value is -1.70. The Morgan fingerprint density at radius 3 is 2.89 bits per heavy atom. The van der Waals surface area contributed by atoms with Crippen LogP contribution in [0.1, 0.15) is 6.42 Å². The quantitative estimate of drug-likeness (QED) is 0.642. The van der Waals surface area contributed by atoms with E-state index in [-0.39, 0.29) is 0 Å². The maximum absolute atomic E-state index is 11.5. The maximum Gasteiger partial charge on any atom is 0.326 e. The van der Waals surface area contributed by atoms with Gasteiger partial charge in [0.2, 0.25) is 0 Å². The third kappa shape index (κ3) is 6.14. The number of aliphatic carboxylic acids is 1. The van der Waals surface area contributed by atoms with Crippen LogP contribution >= 0.6 is 11.8 Å². The molecule has 0 spiro atoms. The van der Waals surface area contributed by atoms with Gasteiger partial charge in [0, 0.05) is 25.5 Å². The first kappa shape index (κ1) is 15.4. The van der Waals surface area contributed by atoms with Gasteiger partial charge in [0.05, 0.1) is 6.33 Å². The van der Waals surface area contributed by atoms with Crippen molar-refractivity contribution >= 4 is 23.8 Å². The highest BCUT2D eigenvalue weighted by Gasteiger charge is 2.18. The number of nitrogens with zero attached hydrogens (tertiary/aromatic N) is 2. The number of rotatable bonds is 8. The van der Waals surface area contributed by atoms with Crippen LogP contribution in [0.3, 0.4) is 0 Å². The number of aromatic nitrogens is 2. The van der Waals surface area contributed by atoms with Crippen LogP contribution in [0.5, 0.6) is 0 Å². The lowest BCUT2D eigenvalue weighted by Gasteiger charge is -2.14. The number of amides is 2. The zero-order valence-corrected chi connectivity index (χ0v) is 11.5. The molecule has 1 heterocycles. The molecule has 1 aromatic rings. The lowest BCUT2D eigenvalue weighted by molar-refractivity contribution is -0.139. The maximum atomic E-state index is 11.5. The zero-order chi connectivity index (χ0) is 14.1. The lowest BCUT2D eigenvalue weighted by atomic mass is 10.2. The van der Waals surface area contributed by atoms with Gasteiger partial charge in [-0.15, -0.1) is 0 Å². The highest BCUT2D eigenvalue weighted by Crippen LogP contribution is 2.00. The molecular formula is C11H18N4O3S. The molecule has 2 amide bonds. The third-order valence-corrected chi connectivity index (χ3v) is 3.07. The van der Waals surface area contributed by atoms with Gasteiger partial charge in [0.15, 0.2) is 0 Å². The fourth-order valence-corrected chi connectivity index (χ4v) is 1.89. The molecule has 3 N–H and O–H groups in total. The van der Waals surface area contributed by atoms with Gasteiger partial charge in [-0.3, -0.25) is 0 Å². The van der Waals surface area contributed by atoms with Crippen LogP contribution in [0, 0.1) is 0 Å². The molecule has 0 saturated heterocycles. The first-order valence-corrected chi connectivity index (χ1v) is 7.24. The molecule has 0 aliphatic rings. The minimum atomic E-state index is -1.01. The summed E-state index contributed by atoms with van der Waals surface area (Å²) in [5.74, 6) is -0.328. The third-order valence-electron chi connectivity index (χ3n) is 2.43. The molecule has 0 aromatic carbocycles. The van der Waals surface area contributed by atoms with E-state index in [1.54, 1.807) is 30.5 Å². The molecule has 1 rings (SSSR count). The Morgan fingerprint density at radius 2 is 2.32 bits per heavy atom. The predicted molar refractivity (Wildman–Crippen MR) is 73.2 cm³/mol. The molecule has 0 unspecified atom stereocenters. The van der Waals surface area contributed by atoms with Gasteiger partial charge in [-0.1, -0.05) is 0 Å². The van der Waals surface area contributed by atoms with E-state index >= 15 is 0 Å². The van der Waals surface area contributed by atoms with Crippen molar-refractivity contribution in [3.63, 3.8) is 0 Å². The molecule has 0 fully saturated rings. The smallest absolute Gasteiger partial charge is 0.326 e. The van der Waals surface area contributed by atoms with Crippen LogP contribution in [0.4, 0.5) is 4.79 Å². The van der Waals surface area contributed by atoms with E-state index in [1.807, 2.05) is 10.8 Å². The van der Waals surface area contributed by atoms with Crippen LogP contribution in [0.2, 0.25) is 0 Å².